The van der Waals surface area contributed by atoms with Gasteiger partial charge in [-0.1, -0.05) is 6.07 Å². The second-order valence-corrected chi connectivity index (χ2v) is 3.97. The lowest BCUT2D eigenvalue weighted by Gasteiger charge is -2.27. The summed E-state index contributed by atoms with van der Waals surface area (Å²) in [6, 6.07) is 3.03. The molecular formula is C11H16N2O3. The smallest absolute Gasteiger partial charge is 0.200 e. The molecule has 2 rings (SSSR count). The van der Waals surface area contributed by atoms with Crippen LogP contribution < -0.4 is 5.32 Å². The van der Waals surface area contributed by atoms with E-state index in [2.05, 4.69) is 10.2 Å². The lowest BCUT2D eigenvalue weighted by molar-refractivity contribution is 0.229. The number of benzene rings is 1. The van der Waals surface area contributed by atoms with Gasteiger partial charge in [-0.15, -0.1) is 0 Å². The van der Waals surface area contributed by atoms with Crippen molar-refractivity contribution in [1.82, 2.24) is 10.2 Å². The van der Waals surface area contributed by atoms with E-state index in [9.17, 15) is 15.3 Å². The highest BCUT2D eigenvalue weighted by Crippen LogP contribution is 2.37. The highest BCUT2D eigenvalue weighted by molar-refractivity contribution is 5.53. The van der Waals surface area contributed by atoms with Crippen molar-refractivity contribution >= 4 is 0 Å². The van der Waals surface area contributed by atoms with Crippen LogP contribution in [0.15, 0.2) is 12.1 Å². The van der Waals surface area contributed by atoms with Crippen molar-refractivity contribution in [2.75, 3.05) is 26.2 Å². The van der Waals surface area contributed by atoms with Gasteiger partial charge in [-0.25, -0.2) is 0 Å². The average Bonchev–Trinajstić information content (AvgIpc) is 2.31. The maximum absolute atomic E-state index is 9.66. The molecule has 1 fully saturated rings. The van der Waals surface area contributed by atoms with Gasteiger partial charge in [0.1, 0.15) is 0 Å². The fraction of sp³-hybridized carbons (Fsp3) is 0.455. The van der Waals surface area contributed by atoms with Crippen LogP contribution in [0.25, 0.3) is 0 Å². The zero-order chi connectivity index (χ0) is 11.5. The first kappa shape index (κ1) is 11.0. The summed E-state index contributed by atoms with van der Waals surface area (Å²) in [7, 11) is 0. The largest absolute Gasteiger partial charge is 0.504 e. The third kappa shape index (κ3) is 2.20. The third-order valence-electron chi connectivity index (χ3n) is 2.82. The molecule has 0 radical (unpaired) electrons. The minimum absolute atomic E-state index is 0.224. The van der Waals surface area contributed by atoms with Gasteiger partial charge in [-0.3, -0.25) is 4.90 Å². The average molecular weight is 224 g/mol. The van der Waals surface area contributed by atoms with E-state index in [1.54, 1.807) is 6.07 Å². The first-order valence-electron chi connectivity index (χ1n) is 5.34. The molecule has 4 N–H and O–H groups in total. The zero-order valence-corrected chi connectivity index (χ0v) is 8.98. The van der Waals surface area contributed by atoms with Crippen molar-refractivity contribution in [2.45, 2.75) is 6.54 Å². The molecule has 0 bridgehead atoms. The lowest BCUT2D eigenvalue weighted by atomic mass is 10.1. The summed E-state index contributed by atoms with van der Waals surface area (Å²) in [5.74, 6) is -0.951. The molecule has 1 saturated heterocycles. The normalized spacial score (nSPS) is 17.5. The summed E-state index contributed by atoms with van der Waals surface area (Å²) in [5, 5.41) is 31.5. The molecule has 1 heterocycles. The van der Waals surface area contributed by atoms with E-state index in [0.717, 1.165) is 26.2 Å². The number of piperazine rings is 1. The molecule has 0 aliphatic carbocycles. The number of hydrogen-bond acceptors (Lipinski definition) is 5. The maximum atomic E-state index is 9.66. The number of phenols is 3. The van der Waals surface area contributed by atoms with Crippen LogP contribution in [0, 0.1) is 0 Å². The molecule has 1 aliphatic heterocycles. The van der Waals surface area contributed by atoms with Gasteiger partial charge in [-0.2, -0.15) is 0 Å². The second-order valence-electron chi connectivity index (χ2n) is 3.97. The molecule has 0 saturated carbocycles. The van der Waals surface area contributed by atoms with Crippen LogP contribution >= 0.6 is 0 Å². The van der Waals surface area contributed by atoms with Crippen molar-refractivity contribution in [3.05, 3.63) is 17.7 Å². The Bertz CT molecular complexity index is 376. The van der Waals surface area contributed by atoms with Gasteiger partial charge in [0.05, 0.1) is 0 Å². The number of hydrogen-bond donors (Lipinski definition) is 4. The van der Waals surface area contributed by atoms with E-state index in [1.807, 2.05) is 0 Å². The van der Waals surface area contributed by atoms with Crippen LogP contribution in [0.2, 0.25) is 0 Å². The monoisotopic (exact) mass is 224 g/mol. The predicted molar refractivity (Wildman–Crippen MR) is 59.6 cm³/mol. The number of phenolic OH excluding ortho intramolecular Hbond substituents is 3. The van der Waals surface area contributed by atoms with E-state index >= 15 is 0 Å². The molecule has 1 aliphatic rings. The SMILES string of the molecule is Oc1ccc(CN2CCNCC2)c(O)c1O. The van der Waals surface area contributed by atoms with Crippen LogP contribution in [-0.2, 0) is 6.54 Å². The van der Waals surface area contributed by atoms with Crippen molar-refractivity contribution in [3.8, 4) is 17.2 Å². The van der Waals surface area contributed by atoms with Crippen LogP contribution in [-0.4, -0.2) is 46.4 Å². The summed E-state index contributed by atoms with van der Waals surface area (Å²) in [5.41, 5.74) is 0.636. The van der Waals surface area contributed by atoms with Crippen molar-refractivity contribution in [3.63, 3.8) is 0 Å². The van der Waals surface area contributed by atoms with Gasteiger partial charge < -0.3 is 20.6 Å². The number of nitrogens with zero attached hydrogens (tertiary/aromatic N) is 1. The first-order chi connectivity index (χ1) is 7.68. The fourth-order valence-corrected chi connectivity index (χ4v) is 1.85. The number of aromatic hydroxyl groups is 3. The van der Waals surface area contributed by atoms with E-state index in [-0.39, 0.29) is 11.5 Å². The molecule has 1 aromatic rings. The Hall–Kier alpha value is -1.46. The van der Waals surface area contributed by atoms with Crippen LogP contribution in [0.4, 0.5) is 0 Å². The van der Waals surface area contributed by atoms with E-state index in [1.165, 1.54) is 6.07 Å². The van der Waals surface area contributed by atoms with Gasteiger partial charge in [0, 0.05) is 38.3 Å². The molecule has 16 heavy (non-hydrogen) atoms. The number of rotatable bonds is 2. The first-order valence-corrected chi connectivity index (χ1v) is 5.34. The van der Waals surface area contributed by atoms with Crippen molar-refractivity contribution in [1.29, 1.82) is 0 Å². The van der Waals surface area contributed by atoms with Gasteiger partial charge in [0.25, 0.3) is 0 Å². The minimum atomic E-state index is -0.437. The molecule has 5 nitrogen and oxygen atoms in total. The van der Waals surface area contributed by atoms with Crippen LogP contribution in [0.5, 0.6) is 17.2 Å². The molecule has 0 amide bonds. The Kier molecular flexibility index (Phi) is 3.17. The maximum Gasteiger partial charge on any atom is 0.200 e. The predicted octanol–water partition coefficient (Wildman–Crippen LogP) is 0.209. The quantitative estimate of drug-likeness (QED) is 0.540. The fourth-order valence-electron chi connectivity index (χ4n) is 1.85. The minimum Gasteiger partial charge on any atom is -0.504 e. The van der Waals surface area contributed by atoms with Gasteiger partial charge in [-0.05, 0) is 6.07 Å². The van der Waals surface area contributed by atoms with Gasteiger partial charge in [0.2, 0.25) is 5.75 Å². The highest BCUT2D eigenvalue weighted by atomic mass is 16.3. The Labute approximate surface area is 93.9 Å². The topological polar surface area (TPSA) is 76.0 Å². The van der Waals surface area contributed by atoms with Crippen molar-refractivity contribution < 1.29 is 15.3 Å². The van der Waals surface area contributed by atoms with E-state index < -0.39 is 5.75 Å². The third-order valence-corrected chi connectivity index (χ3v) is 2.82. The summed E-state index contributed by atoms with van der Waals surface area (Å²) in [6.45, 7) is 4.29. The Morgan fingerprint density at radius 1 is 1.06 bits per heavy atom. The summed E-state index contributed by atoms with van der Waals surface area (Å²) in [4.78, 5) is 2.18. The Morgan fingerprint density at radius 3 is 2.44 bits per heavy atom. The molecule has 0 atom stereocenters. The van der Waals surface area contributed by atoms with Crippen molar-refractivity contribution in [2.24, 2.45) is 0 Å². The Morgan fingerprint density at radius 2 is 1.75 bits per heavy atom. The second kappa shape index (κ2) is 4.59. The molecule has 1 aromatic carbocycles. The molecule has 0 unspecified atom stereocenters. The lowest BCUT2D eigenvalue weighted by Crippen LogP contribution is -2.42. The van der Waals surface area contributed by atoms with E-state index in [4.69, 9.17) is 0 Å². The molecule has 0 spiro atoms. The zero-order valence-electron chi connectivity index (χ0n) is 8.98. The van der Waals surface area contributed by atoms with Crippen LogP contribution in [0.1, 0.15) is 5.56 Å². The van der Waals surface area contributed by atoms with Crippen LogP contribution in [0.3, 0.4) is 0 Å². The van der Waals surface area contributed by atoms with Gasteiger partial charge >= 0.3 is 0 Å². The Balaban J connectivity index is 2.11. The van der Waals surface area contributed by atoms with E-state index in [0.29, 0.717) is 12.1 Å². The molecular weight excluding hydrogens is 208 g/mol. The highest BCUT2D eigenvalue weighted by Gasteiger charge is 2.15. The molecule has 88 valence electrons. The molecule has 5 heteroatoms. The summed E-state index contributed by atoms with van der Waals surface area (Å²) in [6.07, 6.45) is 0. The van der Waals surface area contributed by atoms with Gasteiger partial charge in [0.15, 0.2) is 11.5 Å². The molecule has 0 aromatic heterocycles. The standard InChI is InChI=1S/C11H16N2O3/c14-9-2-1-8(10(15)11(9)16)7-13-5-3-12-4-6-13/h1-2,12,14-16H,3-7H2. The summed E-state index contributed by atoms with van der Waals surface area (Å²) >= 11 is 0. The summed E-state index contributed by atoms with van der Waals surface area (Å²) < 4.78 is 0. The number of nitrogens with one attached hydrogen (secondary N) is 1.